The summed E-state index contributed by atoms with van der Waals surface area (Å²) in [6, 6.07) is 16.2. The summed E-state index contributed by atoms with van der Waals surface area (Å²) in [5.41, 5.74) is 1.25. The van der Waals surface area contributed by atoms with Crippen molar-refractivity contribution in [3.8, 4) is 17.1 Å². The lowest BCUT2D eigenvalue weighted by atomic mass is 10.2. The van der Waals surface area contributed by atoms with Gasteiger partial charge in [-0.1, -0.05) is 18.2 Å². The SMILES string of the molecule is CCOC(O)(c1nnnn1-c1ccccc1)c1nnnn1-c1ccc(OC)cc1. The zero-order valence-electron chi connectivity index (χ0n) is 15.7. The molecule has 2 aromatic heterocycles. The van der Waals surface area contributed by atoms with E-state index in [1.165, 1.54) is 9.36 Å². The van der Waals surface area contributed by atoms with Gasteiger partial charge in [0.15, 0.2) is 0 Å². The van der Waals surface area contributed by atoms with Crippen LogP contribution in [0.1, 0.15) is 18.6 Å². The molecule has 29 heavy (non-hydrogen) atoms. The summed E-state index contributed by atoms with van der Waals surface area (Å²) >= 11 is 0. The van der Waals surface area contributed by atoms with Gasteiger partial charge in [0.2, 0.25) is 11.6 Å². The molecule has 148 valence electrons. The number of hydrogen-bond donors (Lipinski definition) is 1. The largest absolute Gasteiger partial charge is 0.497 e. The molecule has 0 saturated carbocycles. The van der Waals surface area contributed by atoms with E-state index in [-0.39, 0.29) is 18.3 Å². The molecule has 0 fully saturated rings. The molecule has 0 aliphatic heterocycles. The Morgan fingerprint density at radius 1 is 0.862 bits per heavy atom. The summed E-state index contributed by atoms with van der Waals surface area (Å²) in [4.78, 5) is 0. The Bertz CT molecular complexity index is 1080. The third-order valence-electron chi connectivity index (χ3n) is 4.22. The summed E-state index contributed by atoms with van der Waals surface area (Å²) in [7, 11) is 1.58. The number of tetrazole rings is 2. The normalized spacial score (nSPS) is 13.2. The molecular weight excluding hydrogens is 376 g/mol. The second-order valence-electron chi connectivity index (χ2n) is 5.94. The molecular formula is C18H18N8O3. The van der Waals surface area contributed by atoms with Crippen LogP contribution in [0.15, 0.2) is 54.6 Å². The van der Waals surface area contributed by atoms with Gasteiger partial charge in [-0.2, -0.15) is 9.36 Å². The van der Waals surface area contributed by atoms with Crippen LogP contribution < -0.4 is 4.74 Å². The number of ether oxygens (including phenoxy) is 2. The Morgan fingerprint density at radius 3 is 1.93 bits per heavy atom. The van der Waals surface area contributed by atoms with E-state index in [2.05, 4.69) is 31.1 Å². The molecule has 1 N–H and O–H groups in total. The maximum absolute atomic E-state index is 11.5. The Morgan fingerprint density at radius 2 is 1.41 bits per heavy atom. The first-order valence-electron chi connectivity index (χ1n) is 8.81. The van der Waals surface area contributed by atoms with E-state index in [4.69, 9.17) is 9.47 Å². The molecule has 0 amide bonds. The van der Waals surface area contributed by atoms with Gasteiger partial charge in [-0.25, -0.2) is 0 Å². The van der Waals surface area contributed by atoms with Gasteiger partial charge in [-0.05, 0) is 64.2 Å². The molecule has 11 nitrogen and oxygen atoms in total. The molecule has 0 spiro atoms. The highest BCUT2D eigenvalue weighted by Crippen LogP contribution is 2.30. The topological polar surface area (TPSA) is 126 Å². The Balaban J connectivity index is 1.84. The molecule has 0 aliphatic rings. The van der Waals surface area contributed by atoms with E-state index in [1.54, 1.807) is 50.4 Å². The Hall–Kier alpha value is -3.70. The van der Waals surface area contributed by atoms with Gasteiger partial charge >= 0.3 is 0 Å². The van der Waals surface area contributed by atoms with Crippen molar-refractivity contribution < 1.29 is 14.6 Å². The predicted molar refractivity (Wildman–Crippen MR) is 99.5 cm³/mol. The van der Waals surface area contributed by atoms with Crippen LogP contribution in [-0.2, 0) is 10.5 Å². The van der Waals surface area contributed by atoms with Gasteiger partial charge in [0.05, 0.1) is 18.5 Å². The third kappa shape index (κ3) is 3.32. The zero-order chi connectivity index (χ0) is 20.3. The number of aromatic nitrogens is 8. The van der Waals surface area contributed by atoms with Crippen molar-refractivity contribution in [3.05, 3.63) is 66.2 Å². The molecule has 0 aliphatic carbocycles. The number of rotatable bonds is 7. The molecule has 2 heterocycles. The predicted octanol–water partition coefficient (Wildman–Crippen LogP) is 0.876. The molecule has 1 atom stereocenters. The van der Waals surface area contributed by atoms with Crippen molar-refractivity contribution in [3.63, 3.8) is 0 Å². The first kappa shape index (κ1) is 18.7. The summed E-state index contributed by atoms with van der Waals surface area (Å²) in [5.74, 6) is -1.39. The number of methoxy groups -OCH3 is 1. The highest BCUT2D eigenvalue weighted by Gasteiger charge is 2.44. The van der Waals surface area contributed by atoms with E-state index in [1.807, 2.05) is 18.2 Å². The van der Waals surface area contributed by atoms with E-state index < -0.39 is 5.79 Å². The molecule has 0 radical (unpaired) electrons. The number of aliphatic hydroxyl groups is 1. The quantitative estimate of drug-likeness (QED) is 0.454. The molecule has 4 aromatic rings. The molecule has 0 bridgehead atoms. The van der Waals surface area contributed by atoms with E-state index in [9.17, 15) is 5.11 Å². The minimum absolute atomic E-state index is 0.0106. The zero-order valence-corrected chi connectivity index (χ0v) is 15.7. The molecule has 2 aromatic carbocycles. The van der Waals surface area contributed by atoms with Crippen LogP contribution in [0, 0.1) is 0 Å². The monoisotopic (exact) mass is 394 g/mol. The van der Waals surface area contributed by atoms with Gasteiger partial charge in [0.25, 0.3) is 5.79 Å². The maximum atomic E-state index is 11.5. The fourth-order valence-corrected chi connectivity index (χ4v) is 2.88. The second-order valence-corrected chi connectivity index (χ2v) is 5.94. The van der Waals surface area contributed by atoms with Crippen molar-refractivity contribution in [2.75, 3.05) is 13.7 Å². The lowest BCUT2D eigenvalue weighted by molar-refractivity contribution is -0.190. The van der Waals surface area contributed by atoms with Crippen molar-refractivity contribution >= 4 is 0 Å². The number of para-hydroxylation sites is 1. The van der Waals surface area contributed by atoms with Gasteiger partial charge < -0.3 is 14.6 Å². The third-order valence-corrected chi connectivity index (χ3v) is 4.22. The van der Waals surface area contributed by atoms with Crippen molar-refractivity contribution in [2.24, 2.45) is 0 Å². The second kappa shape index (κ2) is 7.73. The summed E-state index contributed by atoms with van der Waals surface area (Å²) in [6.45, 7) is 1.90. The van der Waals surface area contributed by atoms with Crippen LogP contribution in [0.2, 0.25) is 0 Å². The lowest BCUT2D eigenvalue weighted by Gasteiger charge is -2.25. The van der Waals surface area contributed by atoms with E-state index in [0.717, 1.165) is 0 Å². The van der Waals surface area contributed by atoms with Crippen molar-refractivity contribution in [2.45, 2.75) is 12.7 Å². The number of benzene rings is 2. The minimum Gasteiger partial charge on any atom is -0.497 e. The van der Waals surface area contributed by atoms with Crippen LogP contribution in [0.4, 0.5) is 0 Å². The van der Waals surface area contributed by atoms with Gasteiger partial charge in [-0.15, -0.1) is 10.2 Å². The van der Waals surface area contributed by atoms with Crippen LogP contribution >= 0.6 is 0 Å². The van der Waals surface area contributed by atoms with E-state index >= 15 is 0 Å². The molecule has 1 unspecified atom stereocenters. The maximum Gasteiger partial charge on any atom is 0.294 e. The number of nitrogens with zero attached hydrogens (tertiary/aromatic N) is 8. The Kier molecular flexibility index (Phi) is 4.97. The summed E-state index contributed by atoms with van der Waals surface area (Å²) in [5, 5.41) is 35.0. The standard InChI is InChI=1S/C18H18N8O3/c1-3-29-18(27,16-19-21-23-25(16)13-7-5-4-6-8-13)17-20-22-24-26(17)14-9-11-15(28-2)12-10-14/h4-12,27H,3H2,1-2H3. The Labute approximate surface area is 165 Å². The first-order valence-corrected chi connectivity index (χ1v) is 8.81. The van der Waals surface area contributed by atoms with Crippen LogP contribution in [0.5, 0.6) is 5.75 Å². The number of hydrogen-bond acceptors (Lipinski definition) is 9. The average molecular weight is 394 g/mol. The fourth-order valence-electron chi connectivity index (χ4n) is 2.88. The minimum atomic E-state index is -2.10. The smallest absolute Gasteiger partial charge is 0.294 e. The molecule has 11 heteroatoms. The molecule has 0 saturated heterocycles. The van der Waals surface area contributed by atoms with Gasteiger partial charge in [0.1, 0.15) is 5.75 Å². The highest BCUT2D eigenvalue weighted by molar-refractivity contribution is 5.38. The highest BCUT2D eigenvalue weighted by atomic mass is 16.6. The average Bonchev–Trinajstić information content (AvgIpc) is 3.45. The van der Waals surface area contributed by atoms with Crippen LogP contribution in [0.3, 0.4) is 0 Å². The van der Waals surface area contributed by atoms with Crippen LogP contribution in [0.25, 0.3) is 11.4 Å². The first-order chi connectivity index (χ1) is 14.2. The van der Waals surface area contributed by atoms with Crippen LogP contribution in [-0.4, -0.2) is 59.2 Å². The lowest BCUT2D eigenvalue weighted by Crippen LogP contribution is -2.37. The summed E-state index contributed by atoms with van der Waals surface area (Å²) < 4.78 is 13.6. The van der Waals surface area contributed by atoms with Crippen molar-refractivity contribution in [1.82, 2.24) is 40.4 Å². The fraction of sp³-hybridized carbons (Fsp3) is 0.222. The van der Waals surface area contributed by atoms with E-state index in [0.29, 0.717) is 17.1 Å². The summed E-state index contributed by atoms with van der Waals surface area (Å²) in [6.07, 6.45) is 0. The van der Waals surface area contributed by atoms with Gasteiger partial charge in [-0.3, -0.25) is 0 Å². The van der Waals surface area contributed by atoms with Crippen molar-refractivity contribution in [1.29, 1.82) is 0 Å². The van der Waals surface area contributed by atoms with Gasteiger partial charge in [0, 0.05) is 6.61 Å². The molecule has 4 rings (SSSR count).